The minimum absolute atomic E-state index is 0.187. The van der Waals surface area contributed by atoms with Crippen LogP contribution in [-0.2, 0) is 0 Å². The average molecular weight is 209 g/mol. The lowest BCUT2D eigenvalue weighted by Gasteiger charge is -2.26. The lowest BCUT2D eigenvalue weighted by Crippen LogP contribution is -2.40. The molecule has 4 N–H and O–H groups in total. The first-order valence-corrected chi connectivity index (χ1v) is 5.17. The van der Waals surface area contributed by atoms with Gasteiger partial charge in [0.15, 0.2) is 0 Å². The number of nitrogens with zero attached hydrogens (tertiary/aromatic N) is 2. The minimum atomic E-state index is -0.187. The third-order valence-electron chi connectivity index (χ3n) is 2.74. The highest BCUT2D eigenvalue weighted by Gasteiger charge is 2.21. The summed E-state index contributed by atoms with van der Waals surface area (Å²) in [4.78, 5) is 15.4. The molecule has 2 rings (SSSR count). The van der Waals surface area contributed by atoms with E-state index in [1.807, 2.05) is 0 Å². The number of nitrogens with one attached hydrogen (secondary N) is 2. The highest BCUT2D eigenvalue weighted by Crippen LogP contribution is 2.16. The molecule has 1 saturated carbocycles. The van der Waals surface area contributed by atoms with Crippen LogP contribution in [0.3, 0.4) is 0 Å². The number of amides is 1. The predicted molar refractivity (Wildman–Crippen MR) is 54.1 cm³/mol. The van der Waals surface area contributed by atoms with Crippen LogP contribution in [0.2, 0.25) is 0 Å². The molecule has 15 heavy (non-hydrogen) atoms. The smallest absolute Gasteiger partial charge is 0.288 e. The lowest BCUT2D eigenvalue weighted by molar-refractivity contribution is 0.0915. The van der Waals surface area contributed by atoms with Crippen molar-refractivity contribution in [2.24, 2.45) is 5.73 Å². The molecule has 0 aliphatic heterocycles. The Morgan fingerprint density at radius 1 is 1.47 bits per heavy atom. The van der Waals surface area contributed by atoms with Crippen molar-refractivity contribution in [1.82, 2.24) is 20.5 Å². The van der Waals surface area contributed by atoms with Gasteiger partial charge in [0.1, 0.15) is 6.33 Å². The van der Waals surface area contributed by atoms with Crippen LogP contribution < -0.4 is 11.1 Å². The van der Waals surface area contributed by atoms with E-state index in [-0.39, 0.29) is 17.8 Å². The maximum absolute atomic E-state index is 11.6. The fourth-order valence-electron chi connectivity index (χ4n) is 1.83. The molecule has 0 aromatic carbocycles. The second-order valence-corrected chi connectivity index (χ2v) is 3.92. The molecule has 1 fully saturated rings. The van der Waals surface area contributed by atoms with Crippen LogP contribution in [0.15, 0.2) is 6.33 Å². The summed E-state index contributed by atoms with van der Waals surface area (Å²) >= 11 is 0. The van der Waals surface area contributed by atoms with Crippen LogP contribution in [0.25, 0.3) is 0 Å². The standard InChI is InChI=1S/C9H15N5O/c10-6-1-3-7(4-2-6)13-9(15)8-11-5-12-14-8/h5-7H,1-4,10H2,(H,13,15)(H,11,12,14). The van der Waals surface area contributed by atoms with Crippen molar-refractivity contribution >= 4 is 5.91 Å². The van der Waals surface area contributed by atoms with Crippen molar-refractivity contribution in [3.8, 4) is 0 Å². The first-order chi connectivity index (χ1) is 7.25. The number of rotatable bonds is 2. The number of nitrogens with two attached hydrogens (primary N) is 1. The van der Waals surface area contributed by atoms with E-state index in [2.05, 4.69) is 20.5 Å². The van der Waals surface area contributed by atoms with Crippen molar-refractivity contribution < 1.29 is 4.79 Å². The van der Waals surface area contributed by atoms with Gasteiger partial charge in [0.25, 0.3) is 5.91 Å². The zero-order chi connectivity index (χ0) is 10.7. The van der Waals surface area contributed by atoms with Gasteiger partial charge in [-0.15, -0.1) is 0 Å². The Hall–Kier alpha value is -1.43. The molecule has 0 bridgehead atoms. The normalized spacial score (nSPS) is 26.2. The Morgan fingerprint density at radius 3 is 2.80 bits per heavy atom. The molecule has 6 heteroatoms. The summed E-state index contributed by atoms with van der Waals surface area (Å²) < 4.78 is 0. The molecule has 1 amide bonds. The van der Waals surface area contributed by atoms with E-state index >= 15 is 0 Å². The van der Waals surface area contributed by atoms with E-state index < -0.39 is 0 Å². The zero-order valence-corrected chi connectivity index (χ0v) is 8.44. The van der Waals surface area contributed by atoms with Crippen molar-refractivity contribution in [3.05, 3.63) is 12.2 Å². The van der Waals surface area contributed by atoms with Crippen molar-refractivity contribution in [1.29, 1.82) is 0 Å². The molecule has 1 aromatic rings. The van der Waals surface area contributed by atoms with Gasteiger partial charge >= 0.3 is 0 Å². The van der Waals surface area contributed by atoms with Gasteiger partial charge in [-0.2, -0.15) is 5.10 Å². The maximum atomic E-state index is 11.6. The summed E-state index contributed by atoms with van der Waals surface area (Å²) in [6.45, 7) is 0. The van der Waals surface area contributed by atoms with E-state index in [1.165, 1.54) is 6.33 Å². The highest BCUT2D eigenvalue weighted by atomic mass is 16.2. The first-order valence-electron chi connectivity index (χ1n) is 5.17. The van der Waals surface area contributed by atoms with Crippen LogP contribution in [0.1, 0.15) is 36.3 Å². The molecular formula is C9H15N5O. The van der Waals surface area contributed by atoms with Gasteiger partial charge in [-0.25, -0.2) is 4.98 Å². The second-order valence-electron chi connectivity index (χ2n) is 3.92. The van der Waals surface area contributed by atoms with E-state index in [0.29, 0.717) is 6.04 Å². The summed E-state index contributed by atoms with van der Waals surface area (Å²) in [6.07, 6.45) is 5.16. The number of hydrogen-bond donors (Lipinski definition) is 3. The summed E-state index contributed by atoms with van der Waals surface area (Å²) in [5.41, 5.74) is 5.78. The van der Waals surface area contributed by atoms with E-state index in [1.54, 1.807) is 0 Å². The summed E-state index contributed by atoms with van der Waals surface area (Å²) in [5, 5.41) is 9.08. The van der Waals surface area contributed by atoms with Gasteiger partial charge in [0.05, 0.1) is 0 Å². The molecule has 0 saturated heterocycles. The van der Waals surface area contributed by atoms with E-state index in [9.17, 15) is 4.79 Å². The number of H-pyrrole nitrogens is 1. The molecular weight excluding hydrogens is 194 g/mol. The summed E-state index contributed by atoms with van der Waals surface area (Å²) in [6, 6.07) is 0.519. The Balaban J connectivity index is 1.85. The van der Waals surface area contributed by atoms with Crippen LogP contribution in [0.4, 0.5) is 0 Å². The average Bonchev–Trinajstić information content (AvgIpc) is 2.74. The monoisotopic (exact) mass is 209 g/mol. The Labute approximate surface area is 87.6 Å². The van der Waals surface area contributed by atoms with Gasteiger partial charge in [0.2, 0.25) is 5.82 Å². The van der Waals surface area contributed by atoms with Gasteiger partial charge in [-0.05, 0) is 25.7 Å². The topological polar surface area (TPSA) is 96.7 Å². The Kier molecular flexibility index (Phi) is 2.96. The van der Waals surface area contributed by atoms with E-state index in [4.69, 9.17) is 5.73 Å². The second kappa shape index (κ2) is 4.39. The van der Waals surface area contributed by atoms with Crippen LogP contribution in [-0.4, -0.2) is 33.2 Å². The predicted octanol–water partition coefficient (Wildman–Crippen LogP) is -0.196. The van der Waals surface area contributed by atoms with Crippen molar-refractivity contribution in [2.45, 2.75) is 37.8 Å². The van der Waals surface area contributed by atoms with Gasteiger partial charge in [-0.3, -0.25) is 9.89 Å². The third-order valence-corrected chi connectivity index (χ3v) is 2.74. The molecule has 6 nitrogen and oxygen atoms in total. The summed E-state index contributed by atoms with van der Waals surface area (Å²) in [5.74, 6) is 0.0813. The molecule has 1 aliphatic carbocycles. The Bertz CT molecular complexity index is 315. The maximum Gasteiger partial charge on any atom is 0.288 e. The molecule has 0 radical (unpaired) electrons. The highest BCUT2D eigenvalue weighted by molar-refractivity contribution is 5.90. The zero-order valence-electron chi connectivity index (χ0n) is 8.44. The summed E-state index contributed by atoms with van der Waals surface area (Å²) in [7, 11) is 0. The fraction of sp³-hybridized carbons (Fsp3) is 0.667. The molecule has 1 heterocycles. The largest absolute Gasteiger partial charge is 0.347 e. The number of aromatic nitrogens is 3. The number of carbonyl (C=O) groups is 1. The third kappa shape index (κ3) is 2.53. The van der Waals surface area contributed by atoms with Gasteiger partial charge in [0, 0.05) is 12.1 Å². The minimum Gasteiger partial charge on any atom is -0.347 e. The molecule has 0 atom stereocenters. The van der Waals surface area contributed by atoms with Crippen molar-refractivity contribution in [3.63, 3.8) is 0 Å². The SMILES string of the molecule is NC1CCC(NC(=O)c2ncn[nH]2)CC1. The molecule has 82 valence electrons. The Morgan fingerprint density at radius 2 is 2.20 bits per heavy atom. The van der Waals surface area contributed by atoms with Crippen LogP contribution >= 0.6 is 0 Å². The van der Waals surface area contributed by atoms with Crippen molar-refractivity contribution in [2.75, 3.05) is 0 Å². The van der Waals surface area contributed by atoms with Gasteiger partial charge < -0.3 is 11.1 Å². The number of hydrogen-bond acceptors (Lipinski definition) is 4. The fourth-order valence-corrected chi connectivity index (χ4v) is 1.83. The van der Waals surface area contributed by atoms with Gasteiger partial charge in [-0.1, -0.05) is 0 Å². The van der Waals surface area contributed by atoms with E-state index in [0.717, 1.165) is 25.7 Å². The van der Waals surface area contributed by atoms with Crippen LogP contribution in [0.5, 0.6) is 0 Å². The quantitative estimate of drug-likeness (QED) is 0.628. The van der Waals surface area contributed by atoms with Crippen LogP contribution in [0, 0.1) is 0 Å². The molecule has 1 aromatic heterocycles. The number of carbonyl (C=O) groups excluding carboxylic acids is 1. The molecule has 0 spiro atoms. The molecule has 1 aliphatic rings. The lowest BCUT2D eigenvalue weighted by atomic mass is 9.92. The first kappa shape index (κ1) is 10.1. The number of aromatic amines is 1. The molecule has 0 unspecified atom stereocenters.